The lowest BCUT2D eigenvalue weighted by molar-refractivity contribution is 0.0374. The summed E-state index contributed by atoms with van der Waals surface area (Å²) < 4.78 is 7.45. The number of carbonyl (C=O) groups is 1. The minimum Gasteiger partial charge on any atom is -0.379 e. The molecule has 0 aromatic carbocycles. The van der Waals surface area contributed by atoms with E-state index >= 15 is 0 Å². The zero-order valence-electron chi connectivity index (χ0n) is 16.1. The summed E-state index contributed by atoms with van der Waals surface area (Å²) in [4.78, 5) is 22.3. The molecule has 2 saturated heterocycles. The number of nitrogens with one attached hydrogen (secondary N) is 1. The molecule has 0 saturated carbocycles. The van der Waals surface area contributed by atoms with Gasteiger partial charge in [0.1, 0.15) is 5.82 Å². The molecular weight excluding hydrogens is 342 g/mol. The molecule has 1 amide bonds. The second-order valence-corrected chi connectivity index (χ2v) is 7.48. The van der Waals surface area contributed by atoms with E-state index in [1.165, 1.54) is 6.42 Å². The summed E-state index contributed by atoms with van der Waals surface area (Å²) in [5, 5.41) is 3.06. The van der Waals surface area contributed by atoms with Gasteiger partial charge in [-0.2, -0.15) is 0 Å². The van der Waals surface area contributed by atoms with Crippen molar-refractivity contribution >= 4 is 11.4 Å². The number of rotatable bonds is 6. The number of fused-ring (bicyclic) bond motifs is 1. The van der Waals surface area contributed by atoms with Gasteiger partial charge in [0.15, 0.2) is 5.69 Å². The van der Waals surface area contributed by atoms with Gasteiger partial charge in [-0.3, -0.25) is 14.6 Å². The van der Waals surface area contributed by atoms with Crippen LogP contribution in [0.3, 0.4) is 0 Å². The van der Waals surface area contributed by atoms with E-state index < -0.39 is 0 Å². The Morgan fingerprint density at radius 2 is 2.15 bits per heavy atom. The minimum absolute atomic E-state index is 0.0763. The molecule has 7 heteroatoms. The first-order valence-corrected chi connectivity index (χ1v) is 9.99. The molecule has 0 aliphatic carbocycles. The van der Waals surface area contributed by atoms with Crippen molar-refractivity contribution in [2.75, 3.05) is 53.0 Å². The first-order chi connectivity index (χ1) is 13.2. The third-order valence-electron chi connectivity index (χ3n) is 5.65. The number of pyridine rings is 1. The zero-order chi connectivity index (χ0) is 18.6. The third-order valence-corrected chi connectivity index (χ3v) is 5.65. The molecule has 1 atom stereocenters. The Hall–Kier alpha value is -1.96. The number of likely N-dealkylation sites (tertiary alicyclic amines) is 1. The second-order valence-electron chi connectivity index (χ2n) is 7.48. The van der Waals surface area contributed by atoms with Gasteiger partial charge in [0.05, 0.1) is 24.8 Å². The number of amides is 1. The number of nitrogens with zero attached hydrogens (tertiary/aromatic N) is 4. The second kappa shape index (κ2) is 8.37. The Labute approximate surface area is 160 Å². The van der Waals surface area contributed by atoms with Crippen molar-refractivity contribution in [3.8, 4) is 0 Å². The van der Waals surface area contributed by atoms with Crippen LogP contribution in [0.4, 0.5) is 0 Å². The normalized spacial score (nSPS) is 21.7. The van der Waals surface area contributed by atoms with Crippen LogP contribution in [0.15, 0.2) is 24.4 Å². The molecule has 27 heavy (non-hydrogen) atoms. The molecule has 4 heterocycles. The molecule has 4 rings (SSSR count). The monoisotopic (exact) mass is 371 g/mol. The molecule has 0 bridgehead atoms. The van der Waals surface area contributed by atoms with Gasteiger partial charge < -0.3 is 14.5 Å². The van der Waals surface area contributed by atoms with Gasteiger partial charge in [0.25, 0.3) is 5.91 Å². The Balaban J connectivity index is 1.42. The number of hydrogen-bond acceptors (Lipinski definition) is 5. The molecule has 2 aromatic heterocycles. The van der Waals surface area contributed by atoms with E-state index in [4.69, 9.17) is 9.72 Å². The molecule has 0 unspecified atom stereocenters. The predicted octanol–water partition coefficient (Wildman–Crippen LogP) is 1.55. The summed E-state index contributed by atoms with van der Waals surface area (Å²) >= 11 is 0. The van der Waals surface area contributed by atoms with Crippen LogP contribution < -0.4 is 5.32 Å². The van der Waals surface area contributed by atoms with E-state index in [9.17, 15) is 4.79 Å². The number of imidazole rings is 1. The van der Waals surface area contributed by atoms with Gasteiger partial charge in [-0.25, -0.2) is 4.98 Å². The molecule has 0 spiro atoms. The highest BCUT2D eigenvalue weighted by Crippen LogP contribution is 2.31. The van der Waals surface area contributed by atoms with Gasteiger partial charge in [-0.1, -0.05) is 6.07 Å². The van der Waals surface area contributed by atoms with E-state index in [0.29, 0.717) is 12.2 Å². The number of hydrogen-bond donors (Lipinski definition) is 1. The smallest absolute Gasteiger partial charge is 0.272 e. The first kappa shape index (κ1) is 18.4. The van der Waals surface area contributed by atoms with Crippen molar-refractivity contribution in [2.24, 2.45) is 0 Å². The van der Waals surface area contributed by atoms with Gasteiger partial charge >= 0.3 is 0 Å². The predicted molar refractivity (Wildman–Crippen MR) is 104 cm³/mol. The quantitative estimate of drug-likeness (QED) is 0.781. The molecule has 2 fully saturated rings. The van der Waals surface area contributed by atoms with Gasteiger partial charge in [0.2, 0.25) is 0 Å². The number of aromatic nitrogens is 2. The van der Waals surface area contributed by atoms with Crippen LogP contribution in [-0.2, 0) is 4.74 Å². The summed E-state index contributed by atoms with van der Waals surface area (Å²) in [6, 6.07) is 6.22. The van der Waals surface area contributed by atoms with Crippen molar-refractivity contribution in [3.05, 3.63) is 35.9 Å². The highest BCUT2D eigenvalue weighted by atomic mass is 16.5. The molecule has 2 aliphatic rings. The van der Waals surface area contributed by atoms with Crippen molar-refractivity contribution < 1.29 is 9.53 Å². The van der Waals surface area contributed by atoms with E-state index in [2.05, 4.69) is 26.6 Å². The van der Waals surface area contributed by atoms with Crippen LogP contribution in [0.5, 0.6) is 0 Å². The van der Waals surface area contributed by atoms with E-state index in [-0.39, 0.29) is 11.9 Å². The van der Waals surface area contributed by atoms with Crippen molar-refractivity contribution in [3.63, 3.8) is 0 Å². The lowest BCUT2D eigenvalue weighted by Gasteiger charge is -2.26. The highest BCUT2D eigenvalue weighted by molar-refractivity contribution is 5.99. The summed E-state index contributed by atoms with van der Waals surface area (Å²) in [6.45, 7) is 6.33. The number of carbonyl (C=O) groups excluding carboxylic acids is 1. The third kappa shape index (κ3) is 4.00. The minimum atomic E-state index is -0.0763. The molecule has 1 N–H and O–H groups in total. The SMILES string of the molecule is CN1CCC[C@H]1c1nc(C(=O)NCCCN2CCOCC2)c2ccccn12. The standard InChI is InChI=1S/C20H29N5O2/c1-23-9-4-7-17(23)19-22-18(16-6-2-3-11-25(16)19)20(26)21-8-5-10-24-12-14-27-15-13-24/h2-3,6,11,17H,4-5,7-10,12-15H2,1H3,(H,21,26)/t17-/m0/s1. The molecule has 7 nitrogen and oxygen atoms in total. The van der Waals surface area contributed by atoms with Crippen molar-refractivity contribution in [1.82, 2.24) is 24.5 Å². The van der Waals surface area contributed by atoms with Gasteiger partial charge in [0, 0.05) is 25.8 Å². The lowest BCUT2D eigenvalue weighted by Crippen LogP contribution is -2.38. The van der Waals surface area contributed by atoms with Crippen LogP contribution in [0.2, 0.25) is 0 Å². The van der Waals surface area contributed by atoms with Crippen LogP contribution in [0.25, 0.3) is 5.52 Å². The van der Waals surface area contributed by atoms with Crippen molar-refractivity contribution in [1.29, 1.82) is 0 Å². The summed E-state index contributed by atoms with van der Waals surface area (Å²) in [5.74, 6) is 0.900. The van der Waals surface area contributed by atoms with Crippen LogP contribution in [0, 0.1) is 0 Å². The maximum absolute atomic E-state index is 12.8. The average Bonchev–Trinajstić information content (AvgIpc) is 3.29. The highest BCUT2D eigenvalue weighted by Gasteiger charge is 2.28. The Bertz CT molecular complexity index is 784. The fraction of sp³-hybridized carbons (Fsp3) is 0.600. The van der Waals surface area contributed by atoms with Gasteiger partial charge in [-0.15, -0.1) is 0 Å². The average molecular weight is 371 g/mol. The molecular formula is C20H29N5O2. The van der Waals surface area contributed by atoms with Crippen LogP contribution in [-0.4, -0.2) is 78.1 Å². The molecule has 146 valence electrons. The van der Waals surface area contributed by atoms with Crippen LogP contribution in [0.1, 0.15) is 41.6 Å². The fourth-order valence-electron chi connectivity index (χ4n) is 4.11. The largest absolute Gasteiger partial charge is 0.379 e. The molecule has 0 radical (unpaired) electrons. The maximum atomic E-state index is 12.8. The molecule has 2 aliphatic heterocycles. The number of ether oxygens (including phenoxy) is 1. The fourth-order valence-corrected chi connectivity index (χ4v) is 4.11. The summed E-state index contributed by atoms with van der Waals surface area (Å²) in [7, 11) is 2.13. The van der Waals surface area contributed by atoms with Gasteiger partial charge in [-0.05, 0) is 51.5 Å². The van der Waals surface area contributed by atoms with E-state index in [0.717, 1.165) is 63.6 Å². The first-order valence-electron chi connectivity index (χ1n) is 9.99. The van der Waals surface area contributed by atoms with Crippen LogP contribution >= 0.6 is 0 Å². The lowest BCUT2D eigenvalue weighted by atomic mass is 10.2. The zero-order valence-corrected chi connectivity index (χ0v) is 16.1. The van der Waals surface area contributed by atoms with E-state index in [1.807, 2.05) is 24.4 Å². The Morgan fingerprint density at radius 1 is 1.30 bits per heavy atom. The number of morpholine rings is 1. The maximum Gasteiger partial charge on any atom is 0.272 e. The van der Waals surface area contributed by atoms with E-state index in [1.54, 1.807) is 0 Å². The Morgan fingerprint density at radius 3 is 2.93 bits per heavy atom. The summed E-state index contributed by atoms with van der Waals surface area (Å²) in [6.07, 6.45) is 5.21. The topological polar surface area (TPSA) is 62.1 Å². The molecule has 2 aromatic rings. The summed E-state index contributed by atoms with van der Waals surface area (Å²) in [5.41, 5.74) is 1.43. The Kier molecular flexibility index (Phi) is 5.71. The van der Waals surface area contributed by atoms with Crippen molar-refractivity contribution in [2.45, 2.75) is 25.3 Å².